The number of methoxy groups -OCH3 is 1. The molecule has 0 aliphatic rings. The van der Waals surface area contributed by atoms with Crippen molar-refractivity contribution in [1.29, 1.82) is 0 Å². The van der Waals surface area contributed by atoms with Crippen LogP contribution in [0.3, 0.4) is 0 Å². The van der Waals surface area contributed by atoms with Gasteiger partial charge in [0.05, 0.1) is 22.2 Å². The van der Waals surface area contributed by atoms with Crippen LogP contribution < -0.4 is 9.46 Å². The fourth-order valence-electron chi connectivity index (χ4n) is 1.94. The first-order valence-corrected chi connectivity index (χ1v) is 8.70. The van der Waals surface area contributed by atoms with Gasteiger partial charge in [-0.1, -0.05) is 25.1 Å². The molecule has 2 aromatic rings. The fraction of sp³-hybridized carbons (Fsp3) is 0.200. The highest BCUT2D eigenvalue weighted by Crippen LogP contribution is 2.29. The molecule has 112 valence electrons. The van der Waals surface area contributed by atoms with Gasteiger partial charge in [-0.25, -0.2) is 8.42 Å². The second kappa shape index (κ2) is 6.49. The lowest BCUT2D eigenvalue weighted by molar-refractivity contribution is 0.411. The Morgan fingerprint density at radius 3 is 2.57 bits per heavy atom. The summed E-state index contributed by atoms with van der Waals surface area (Å²) in [5, 5.41) is 0. The molecule has 0 aliphatic heterocycles. The molecule has 2 rings (SSSR count). The zero-order valence-electron chi connectivity index (χ0n) is 11.8. The standard InChI is InChI=1S/C15H16BrNO3S/c1-3-11-6-4-5-7-14(11)17-21(18,19)12-8-9-13(16)15(10-12)20-2/h4-10,17H,3H2,1-2H3. The average Bonchev–Trinajstić information content (AvgIpc) is 2.47. The van der Waals surface area contributed by atoms with Gasteiger partial charge in [-0.15, -0.1) is 0 Å². The molecule has 0 amide bonds. The minimum atomic E-state index is -3.65. The van der Waals surface area contributed by atoms with E-state index in [1.807, 2.05) is 19.1 Å². The zero-order chi connectivity index (χ0) is 15.5. The number of benzene rings is 2. The van der Waals surface area contributed by atoms with Crippen LogP contribution in [0.4, 0.5) is 5.69 Å². The lowest BCUT2D eigenvalue weighted by atomic mass is 10.1. The molecule has 4 nitrogen and oxygen atoms in total. The number of para-hydroxylation sites is 1. The SMILES string of the molecule is CCc1ccccc1NS(=O)(=O)c1ccc(Br)c(OC)c1. The highest BCUT2D eigenvalue weighted by Gasteiger charge is 2.17. The molecule has 6 heteroatoms. The number of aryl methyl sites for hydroxylation is 1. The van der Waals surface area contributed by atoms with Crippen molar-refractivity contribution in [2.24, 2.45) is 0 Å². The summed E-state index contributed by atoms with van der Waals surface area (Å²) >= 11 is 3.31. The first kappa shape index (κ1) is 15.9. The second-order valence-corrected chi connectivity index (χ2v) is 6.95. The molecule has 0 heterocycles. The topological polar surface area (TPSA) is 55.4 Å². The minimum Gasteiger partial charge on any atom is -0.496 e. The van der Waals surface area contributed by atoms with E-state index in [0.717, 1.165) is 12.0 Å². The molecule has 0 atom stereocenters. The van der Waals surface area contributed by atoms with E-state index in [-0.39, 0.29) is 4.90 Å². The Morgan fingerprint density at radius 2 is 1.90 bits per heavy atom. The van der Waals surface area contributed by atoms with Crippen LogP contribution in [0.1, 0.15) is 12.5 Å². The van der Waals surface area contributed by atoms with E-state index in [0.29, 0.717) is 15.9 Å². The van der Waals surface area contributed by atoms with Crippen molar-refractivity contribution in [1.82, 2.24) is 0 Å². The molecule has 0 aromatic heterocycles. The molecule has 0 bridgehead atoms. The second-order valence-electron chi connectivity index (χ2n) is 4.41. The number of halogens is 1. The van der Waals surface area contributed by atoms with Crippen molar-refractivity contribution in [2.45, 2.75) is 18.2 Å². The Kier molecular flexibility index (Phi) is 4.90. The van der Waals surface area contributed by atoms with E-state index in [9.17, 15) is 8.42 Å². The smallest absolute Gasteiger partial charge is 0.262 e. The lowest BCUT2D eigenvalue weighted by Gasteiger charge is -2.12. The summed E-state index contributed by atoms with van der Waals surface area (Å²) in [6.45, 7) is 1.98. The molecule has 0 aliphatic carbocycles. The Balaban J connectivity index is 2.38. The molecule has 0 spiro atoms. The minimum absolute atomic E-state index is 0.161. The molecule has 0 saturated heterocycles. The third-order valence-electron chi connectivity index (χ3n) is 3.08. The van der Waals surface area contributed by atoms with Gasteiger partial charge in [-0.3, -0.25) is 4.72 Å². The number of rotatable bonds is 5. The van der Waals surface area contributed by atoms with Crippen LogP contribution in [-0.2, 0) is 16.4 Å². The van der Waals surface area contributed by atoms with Crippen molar-refractivity contribution in [3.8, 4) is 5.75 Å². The van der Waals surface area contributed by atoms with Gasteiger partial charge in [0.25, 0.3) is 10.0 Å². The van der Waals surface area contributed by atoms with Crippen LogP contribution in [0.5, 0.6) is 5.75 Å². The van der Waals surface area contributed by atoms with Crippen molar-refractivity contribution < 1.29 is 13.2 Å². The number of ether oxygens (including phenoxy) is 1. The van der Waals surface area contributed by atoms with Gasteiger partial charge in [0.2, 0.25) is 0 Å². The summed E-state index contributed by atoms with van der Waals surface area (Å²) in [6.07, 6.45) is 0.752. The van der Waals surface area contributed by atoms with Crippen molar-refractivity contribution in [2.75, 3.05) is 11.8 Å². The summed E-state index contributed by atoms with van der Waals surface area (Å²) in [7, 11) is -2.15. The number of hydrogen-bond acceptors (Lipinski definition) is 3. The Labute approximate surface area is 133 Å². The van der Waals surface area contributed by atoms with Crippen molar-refractivity contribution >= 4 is 31.6 Å². The highest BCUT2D eigenvalue weighted by molar-refractivity contribution is 9.10. The molecule has 0 saturated carbocycles. The fourth-order valence-corrected chi connectivity index (χ4v) is 3.46. The Hall–Kier alpha value is -1.53. The predicted octanol–water partition coefficient (Wildman–Crippen LogP) is 3.82. The predicted molar refractivity (Wildman–Crippen MR) is 87.3 cm³/mol. The first-order valence-electron chi connectivity index (χ1n) is 6.42. The quantitative estimate of drug-likeness (QED) is 0.871. The zero-order valence-corrected chi connectivity index (χ0v) is 14.2. The molecule has 2 aromatic carbocycles. The van der Waals surface area contributed by atoms with Gasteiger partial charge < -0.3 is 4.74 Å². The number of anilines is 1. The Morgan fingerprint density at radius 1 is 1.19 bits per heavy atom. The molecule has 0 radical (unpaired) electrons. The van der Waals surface area contributed by atoms with E-state index >= 15 is 0 Å². The third kappa shape index (κ3) is 3.57. The molecular formula is C15H16BrNO3S. The lowest BCUT2D eigenvalue weighted by Crippen LogP contribution is -2.14. The average molecular weight is 370 g/mol. The Bertz CT molecular complexity index is 744. The molecule has 0 unspecified atom stereocenters. The van der Waals surface area contributed by atoms with Crippen molar-refractivity contribution in [3.63, 3.8) is 0 Å². The van der Waals surface area contributed by atoms with Crippen LogP contribution in [0.2, 0.25) is 0 Å². The van der Waals surface area contributed by atoms with Gasteiger partial charge in [0.1, 0.15) is 5.75 Å². The van der Waals surface area contributed by atoms with Crippen molar-refractivity contribution in [3.05, 3.63) is 52.5 Å². The van der Waals surface area contributed by atoms with Crippen LogP contribution >= 0.6 is 15.9 Å². The molecule has 21 heavy (non-hydrogen) atoms. The maximum Gasteiger partial charge on any atom is 0.262 e. The summed E-state index contributed by atoms with van der Waals surface area (Å²) in [6, 6.07) is 12.0. The summed E-state index contributed by atoms with van der Waals surface area (Å²) < 4.78 is 33.4. The molecule has 1 N–H and O–H groups in total. The highest BCUT2D eigenvalue weighted by atomic mass is 79.9. The van der Waals surface area contributed by atoms with Crippen LogP contribution in [-0.4, -0.2) is 15.5 Å². The van der Waals surface area contributed by atoms with E-state index in [2.05, 4.69) is 20.7 Å². The molecular weight excluding hydrogens is 354 g/mol. The van der Waals surface area contributed by atoms with E-state index in [1.165, 1.54) is 19.2 Å². The summed E-state index contributed by atoms with van der Waals surface area (Å²) in [5.74, 6) is 0.474. The summed E-state index contributed by atoms with van der Waals surface area (Å²) in [5.41, 5.74) is 1.55. The maximum atomic E-state index is 12.5. The number of nitrogens with one attached hydrogen (secondary N) is 1. The first-order chi connectivity index (χ1) is 9.97. The van der Waals surface area contributed by atoms with E-state index < -0.39 is 10.0 Å². The van der Waals surface area contributed by atoms with E-state index in [4.69, 9.17) is 4.74 Å². The summed E-state index contributed by atoms with van der Waals surface area (Å²) in [4.78, 5) is 0.161. The third-order valence-corrected chi connectivity index (χ3v) is 5.09. The van der Waals surface area contributed by atoms with Crippen LogP contribution in [0.15, 0.2) is 51.8 Å². The monoisotopic (exact) mass is 369 g/mol. The van der Waals surface area contributed by atoms with E-state index in [1.54, 1.807) is 18.2 Å². The van der Waals surface area contributed by atoms with Gasteiger partial charge in [-0.05, 0) is 46.1 Å². The number of sulfonamides is 1. The normalized spacial score (nSPS) is 11.2. The maximum absolute atomic E-state index is 12.5. The largest absolute Gasteiger partial charge is 0.496 e. The number of hydrogen-bond donors (Lipinski definition) is 1. The van der Waals surface area contributed by atoms with Gasteiger partial charge in [0, 0.05) is 6.07 Å². The van der Waals surface area contributed by atoms with Crippen LogP contribution in [0.25, 0.3) is 0 Å². The van der Waals surface area contributed by atoms with Gasteiger partial charge in [-0.2, -0.15) is 0 Å². The van der Waals surface area contributed by atoms with Gasteiger partial charge in [0.15, 0.2) is 0 Å². The molecule has 0 fully saturated rings. The van der Waals surface area contributed by atoms with Gasteiger partial charge >= 0.3 is 0 Å². The van der Waals surface area contributed by atoms with Crippen LogP contribution in [0, 0.1) is 0 Å².